The number of hydrogen-bond acceptors (Lipinski definition) is 2. The third kappa shape index (κ3) is 3.92. The highest BCUT2D eigenvalue weighted by atomic mass is 16.5. The normalized spacial score (nSPS) is 16.1. The molecule has 1 aliphatic rings. The summed E-state index contributed by atoms with van der Waals surface area (Å²) in [5, 5.41) is 3.04. The summed E-state index contributed by atoms with van der Waals surface area (Å²) in [5.74, 6) is 0.717. The number of carbonyl (C=O) groups is 1. The van der Waals surface area contributed by atoms with Crippen molar-refractivity contribution in [2.75, 3.05) is 19.0 Å². The van der Waals surface area contributed by atoms with Crippen molar-refractivity contribution >= 4 is 11.7 Å². The zero-order valence-corrected chi connectivity index (χ0v) is 18.1. The molecule has 30 heavy (non-hydrogen) atoms. The van der Waals surface area contributed by atoms with Gasteiger partial charge in [-0.15, -0.1) is 0 Å². The molecule has 2 aromatic carbocycles. The first-order valence-electron chi connectivity index (χ1n) is 10.3. The number of fused-ring (bicyclic) bond motifs is 1. The zero-order chi connectivity index (χ0) is 21.3. The first-order valence-corrected chi connectivity index (χ1v) is 10.3. The largest absolute Gasteiger partial charge is 0.497 e. The maximum atomic E-state index is 13.3. The molecule has 1 aromatic heterocycles. The molecule has 2 heterocycles. The van der Waals surface area contributed by atoms with E-state index in [-0.39, 0.29) is 17.5 Å². The number of amides is 2. The summed E-state index contributed by atoms with van der Waals surface area (Å²) in [4.78, 5) is 15.2. The van der Waals surface area contributed by atoms with Crippen LogP contribution < -0.4 is 10.1 Å². The number of methoxy groups -OCH3 is 1. The average molecular weight is 404 g/mol. The molecule has 0 radical (unpaired) electrons. The topological polar surface area (TPSA) is 46.5 Å². The smallest absolute Gasteiger partial charge is 0.322 e. The molecule has 1 N–H and O–H groups in total. The van der Waals surface area contributed by atoms with Gasteiger partial charge in [0.25, 0.3) is 0 Å². The number of anilines is 1. The van der Waals surface area contributed by atoms with Crippen molar-refractivity contribution in [2.45, 2.75) is 38.8 Å². The highest BCUT2D eigenvalue weighted by molar-refractivity contribution is 5.90. The average Bonchev–Trinajstić information content (AvgIpc) is 3.21. The highest BCUT2D eigenvalue weighted by Gasteiger charge is 2.32. The van der Waals surface area contributed by atoms with E-state index in [9.17, 15) is 4.79 Å². The van der Waals surface area contributed by atoms with Crippen LogP contribution >= 0.6 is 0 Å². The second-order valence-electron chi connectivity index (χ2n) is 8.76. The molecule has 5 heteroatoms. The van der Waals surface area contributed by atoms with Crippen molar-refractivity contribution in [3.8, 4) is 5.75 Å². The van der Waals surface area contributed by atoms with Gasteiger partial charge in [-0.05, 0) is 40.8 Å². The standard InChI is InChI=1S/C25H29N3O2/c1-25(2,3)19-12-10-18(11-13-19)23-22-9-6-14-27(22)15-16-28(23)24(29)26-20-7-5-8-21(17-20)30-4/h5-14,17,23H,15-16H2,1-4H3,(H,26,29). The Morgan fingerprint density at radius 2 is 1.80 bits per heavy atom. The summed E-state index contributed by atoms with van der Waals surface area (Å²) in [5.41, 5.74) is 4.34. The van der Waals surface area contributed by atoms with Crippen LogP contribution in [0.3, 0.4) is 0 Å². The van der Waals surface area contributed by atoms with E-state index >= 15 is 0 Å². The molecule has 3 aromatic rings. The van der Waals surface area contributed by atoms with Crippen LogP contribution in [0.4, 0.5) is 10.5 Å². The van der Waals surface area contributed by atoms with Crippen LogP contribution in [0.5, 0.6) is 5.75 Å². The van der Waals surface area contributed by atoms with E-state index in [1.807, 2.05) is 29.2 Å². The molecule has 0 fully saturated rings. The summed E-state index contributed by atoms with van der Waals surface area (Å²) in [6.07, 6.45) is 2.09. The van der Waals surface area contributed by atoms with Gasteiger partial charge < -0.3 is 19.5 Å². The van der Waals surface area contributed by atoms with Gasteiger partial charge in [-0.3, -0.25) is 0 Å². The van der Waals surface area contributed by atoms with Gasteiger partial charge in [-0.25, -0.2) is 4.79 Å². The quantitative estimate of drug-likeness (QED) is 0.634. The van der Waals surface area contributed by atoms with Crippen LogP contribution in [0.15, 0.2) is 66.9 Å². The van der Waals surface area contributed by atoms with E-state index in [4.69, 9.17) is 4.74 Å². The number of carbonyl (C=O) groups excluding carboxylic acids is 1. The minimum atomic E-state index is -0.131. The summed E-state index contributed by atoms with van der Waals surface area (Å²) >= 11 is 0. The Bertz CT molecular complexity index is 1030. The molecule has 0 bridgehead atoms. The summed E-state index contributed by atoms with van der Waals surface area (Å²) < 4.78 is 7.51. The van der Waals surface area contributed by atoms with E-state index < -0.39 is 0 Å². The third-order valence-electron chi connectivity index (χ3n) is 5.71. The van der Waals surface area contributed by atoms with Gasteiger partial charge >= 0.3 is 6.03 Å². The number of nitrogens with one attached hydrogen (secondary N) is 1. The molecule has 156 valence electrons. The Morgan fingerprint density at radius 3 is 2.50 bits per heavy atom. The number of hydrogen-bond donors (Lipinski definition) is 1. The lowest BCUT2D eigenvalue weighted by atomic mass is 9.86. The summed E-state index contributed by atoms with van der Waals surface area (Å²) in [7, 11) is 1.62. The Morgan fingerprint density at radius 1 is 1.03 bits per heavy atom. The fraction of sp³-hybridized carbons (Fsp3) is 0.320. The highest BCUT2D eigenvalue weighted by Crippen LogP contribution is 2.34. The van der Waals surface area contributed by atoms with Gasteiger partial charge in [-0.2, -0.15) is 0 Å². The fourth-order valence-electron chi connectivity index (χ4n) is 4.01. The van der Waals surface area contributed by atoms with Crippen molar-refractivity contribution in [3.05, 3.63) is 83.7 Å². The fourth-order valence-corrected chi connectivity index (χ4v) is 4.01. The maximum Gasteiger partial charge on any atom is 0.322 e. The Labute approximate surface area is 178 Å². The van der Waals surface area contributed by atoms with Crippen LogP contribution in [0, 0.1) is 0 Å². The van der Waals surface area contributed by atoms with Gasteiger partial charge in [0.15, 0.2) is 0 Å². The van der Waals surface area contributed by atoms with E-state index in [1.54, 1.807) is 7.11 Å². The molecular formula is C25H29N3O2. The van der Waals surface area contributed by atoms with Crippen molar-refractivity contribution in [3.63, 3.8) is 0 Å². The molecule has 5 nitrogen and oxygen atoms in total. The van der Waals surface area contributed by atoms with Gasteiger partial charge in [0.2, 0.25) is 0 Å². The molecule has 1 unspecified atom stereocenters. The monoisotopic (exact) mass is 403 g/mol. The summed E-state index contributed by atoms with van der Waals surface area (Å²) in [6.45, 7) is 8.05. The lowest BCUT2D eigenvalue weighted by Gasteiger charge is -2.37. The minimum Gasteiger partial charge on any atom is -0.497 e. The van der Waals surface area contributed by atoms with E-state index in [0.717, 1.165) is 29.2 Å². The predicted octanol–water partition coefficient (Wildman–Crippen LogP) is 5.43. The first-order chi connectivity index (χ1) is 14.4. The van der Waals surface area contributed by atoms with E-state index in [2.05, 4.69) is 73.3 Å². The number of rotatable bonds is 3. The van der Waals surface area contributed by atoms with Gasteiger partial charge in [-0.1, -0.05) is 51.1 Å². The lowest BCUT2D eigenvalue weighted by molar-refractivity contribution is 0.182. The number of urea groups is 1. The van der Waals surface area contributed by atoms with Crippen LogP contribution in [-0.2, 0) is 12.0 Å². The van der Waals surface area contributed by atoms with Gasteiger partial charge in [0.1, 0.15) is 5.75 Å². The number of nitrogens with zero attached hydrogens (tertiary/aromatic N) is 2. The minimum absolute atomic E-state index is 0.0920. The number of benzene rings is 2. The number of ether oxygens (including phenoxy) is 1. The van der Waals surface area contributed by atoms with E-state index in [0.29, 0.717) is 6.54 Å². The van der Waals surface area contributed by atoms with Crippen molar-refractivity contribution in [1.82, 2.24) is 9.47 Å². The molecule has 2 amide bonds. The van der Waals surface area contributed by atoms with Gasteiger partial charge in [0, 0.05) is 36.7 Å². The molecule has 0 saturated carbocycles. The molecule has 4 rings (SSSR count). The van der Waals surface area contributed by atoms with Crippen LogP contribution in [0.1, 0.15) is 43.6 Å². The molecule has 0 aliphatic carbocycles. The van der Waals surface area contributed by atoms with Crippen LogP contribution in [0.25, 0.3) is 0 Å². The number of aromatic nitrogens is 1. The molecular weight excluding hydrogens is 374 g/mol. The van der Waals surface area contributed by atoms with Crippen molar-refractivity contribution in [1.29, 1.82) is 0 Å². The Balaban J connectivity index is 1.65. The van der Waals surface area contributed by atoms with Gasteiger partial charge in [0.05, 0.1) is 13.2 Å². The maximum absolute atomic E-state index is 13.3. The van der Waals surface area contributed by atoms with Crippen molar-refractivity contribution in [2.24, 2.45) is 0 Å². The Hall–Kier alpha value is -3.21. The van der Waals surface area contributed by atoms with Crippen LogP contribution in [0.2, 0.25) is 0 Å². The first kappa shape index (κ1) is 20.1. The molecule has 1 atom stereocenters. The Kier molecular flexibility index (Phi) is 5.29. The second-order valence-corrected chi connectivity index (χ2v) is 8.76. The van der Waals surface area contributed by atoms with Crippen molar-refractivity contribution < 1.29 is 9.53 Å². The SMILES string of the molecule is COc1cccc(NC(=O)N2CCn3cccc3C2c2ccc(C(C)(C)C)cc2)c1. The molecule has 0 spiro atoms. The second kappa shape index (κ2) is 7.90. The predicted molar refractivity (Wildman–Crippen MR) is 120 cm³/mol. The molecule has 1 aliphatic heterocycles. The zero-order valence-electron chi connectivity index (χ0n) is 18.1. The van der Waals surface area contributed by atoms with Crippen LogP contribution in [-0.4, -0.2) is 29.2 Å². The molecule has 0 saturated heterocycles. The summed E-state index contributed by atoms with van der Waals surface area (Å²) in [6, 6.07) is 20.0. The third-order valence-corrected chi connectivity index (χ3v) is 5.71. The van der Waals surface area contributed by atoms with E-state index in [1.165, 1.54) is 5.56 Å². The lowest BCUT2D eigenvalue weighted by Crippen LogP contribution is -2.44.